The summed E-state index contributed by atoms with van der Waals surface area (Å²) in [7, 11) is -2.89. The topological polar surface area (TPSA) is 60.2 Å². The number of hydrogen-bond donors (Lipinski definition) is 1. The van der Waals surface area contributed by atoms with Crippen molar-refractivity contribution >= 4 is 9.84 Å². The van der Waals surface area contributed by atoms with Gasteiger partial charge in [-0.15, -0.1) is 0 Å². The van der Waals surface area contributed by atoms with Gasteiger partial charge in [0.1, 0.15) is 9.84 Å². The average Bonchev–Trinajstić information content (AvgIpc) is 2.38. The van der Waals surface area contributed by atoms with Crippen LogP contribution in [0.25, 0.3) is 0 Å². The van der Waals surface area contributed by atoms with E-state index in [-0.39, 0.29) is 11.8 Å². The van der Waals surface area contributed by atoms with E-state index >= 15 is 0 Å². The second-order valence-corrected chi connectivity index (χ2v) is 7.77. The molecule has 4 heteroatoms. The maximum absolute atomic E-state index is 11.8. The van der Waals surface area contributed by atoms with Crippen molar-refractivity contribution in [3.63, 3.8) is 0 Å². The SMILES string of the molecule is CCCS(=O)(=O)CCC1CCc2ccccc2C1N. The van der Waals surface area contributed by atoms with Crippen LogP contribution in [0.5, 0.6) is 0 Å². The van der Waals surface area contributed by atoms with Crippen molar-refractivity contribution < 1.29 is 8.42 Å². The van der Waals surface area contributed by atoms with Gasteiger partial charge < -0.3 is 5.73 Å². The summed E-state index contributed by atoms with van der Waals surface area (Å²) < 4.78 is 23.6. The van der Waals surface area contributed by atoms with Gasteiger partial charge >= 0.3 is 0 Å². The first kappa shape index (κ1) is 14.5. The Morgan fingerprint density at radius 1 is 1.26 bits per heavy atom. The maximum Gasteiger partial charge on any atom is 0.150 e. The quantitative estimate of drug-likeness (QED) is 0.902. The normalized spacial score (nSPS) is 23.1. The largest absolute Gasteiger partial charge is 0.324 e. The highest BCUT2D eigenvalue weighted by atomic mass is 32.2. The molecular formula is C15H23NO2S. The van der Waals surface area contributed by atoms with Gasteiger partial charge in [0.25, 0.3) is 0 Å². The van der Waals surface area contributed by atoms with E-state index in [0.29, 0.717) is 24.5 Å². The van der Waals surface area contributed by atoms with Crippen molar-refractivity contribution in [2.24, 2.45) is 11.7 Å². The molecule has 2 N–H and O–H groups in total. The third-order valence-corrected chi connectivity index (χ3v) is 5.91. The Morgan fingerprint density at radius 2 is 2.00 bits per heavy atom. The predicted octanol–water partition coefficient (Wildman–Crippen LogP) is 2.46. The predicted molar refractivity (Wildman–Crippen MR) is 78.7 cm³/mol. The number of sulfone groups is 1. The molecule has 1 aromatic carbocycles. The lowest BCUT2D eigenvalue weighted by Gasteiger charge is -2.31. The van der Waals surface area contributed by atoms with E-state index in [9.17, 15) is 8.42 Å². The van der Waals surface area contributed by atoms with Crippen LogP contribution in [0.2, 0.25) is 0 Å². The van der Waals surface area contributed by atoms with Gasteiger partial charge in [-0.2, -0.15) is 0 Å². The van der Waals surface area contributed by atoms with Crippen LogP contribution in [-0.2, 0) is 16.3 Å². The molecule has 0 heterocycles. The van der Waals surface area contributed by atoms with Gasteiger partial charge in [-0.05, 0) is 42.7 Å². The van der Waals surface area contributed by atoms with E-state index in [1.807, 2.05) is 19.1 Å². The molecule has 0 aliphatic heterocycles. The second-order valence-electron chi connectivity index (χ2n) is 5.46. The van der Waals surface area contributed by atoms with Gasteiger partial charge in [0.2, 0.25) is 0 Å². The van der Waals surface area contributed by atoms with Crippen molar-refractivity contribution in [3.8, 4) is 0 Å². The lowest BCUT2D eigenvalue weighted by molar-refractivity contribution is 0.368. The molecule has 2 atom stereocenters. The number of fused-ring (bicyclic) bond motifs is 1. The molecule has 0 radical (unpaired) electrons. The third-order valence-electron chi connectivity index (χ3n) is 4.02. The molecule has 2 unspecified atom stereocenters. The first-order chi connectivity index (χ1) is 9.03. The minimum Gasteiger partial charge on any atom is -0.324 e. The molecular weight excluding hydrogens is 258 g/mol. The van der Waals surface area contributed by atoms with Crippen LogP contribution < -0.4 is 5.73 Å². The highest BCUT2D eigenvalue weighted by Crippen LogP contribution is 2.34. The smallest absolute Gasteiger partial charge is 0.150 e. The highest BCUT2D eigenvalue weighted by Gasteiger charge is 2.27. The molecule has 0 amide bonds. The number of rotatable bonds is 5. The van der Waals surface area contributed by atoms with Crippen molar-refractivity contribution in [2.45, 2.75) is 38.6 Å². The molecule has 0 fully saturated rings. The van der Waals surface area contributed by atoms with Crippen LogP contribution >= 0.6 is 0 Å². The van der Waals surface area contributed by atoms with E-state index in [1.54, 1.807) is 0 Å². The zero-order valence-corrected chi connectivity index (χ0v) is 12.3. The van der Waals surface area contributed by atoms with Crippen molar-refractivity contribution in [2.75, 3.05) is 11.5 Å². The van der Waals surface area contributed by atoms with E-state index in [0.717, 1.165) is 12.8 Å². The van der Waals surface area contributed by atoms with Crippen LogP contribution in [0.3, 0.4) is 0 Å². The van der Waals surface area contributed by atoms with Crippen molar-refractivity contribution in [1.82, 2.24) is 0 Å². The van der Waals surface area contributed by atoms with Crippen LogP contribution in [0.1, 0.15) is 43.4 Å². The fourth-order valence-corrected chi connectivity index (χ4v) is 4.42. The zero-order valence-electron chi connectivity index (χ0n) is 11.5. The molecule has 106 valence electrons. The number of aryl methyl sites for hydroxylation is 1. The van der Waals surface area contributed by atoms with E-state index in [2.05, 4.69) is 12.1 Å². The molecule has 0 saturated heterocycles. The molecule has 0 aromatic heterocycles. The fraction of sp³-hybridized carbons (Fsp3) is 0.600. The van der Waals surface area contributed by atoms with Gasteiger partial charge in [-0.1, -0.05) is 31.2 Å². The molecule has 1 aliphatic carbocycles. The first-order valence-corrected chi connectivity index (χ1v) is 8.89. The zero-order chi connectivity index (χ0) is 13.9. The van der Waals surface area contributed by atoms with Gasteiger partial charge in [0.05, 0.1) is 5.75 Å². The minimum absolute atomic E-state index is 0.0122. The molecule has 0 saturated carbocycles. The maximum atomic E-state index is 11.8. The number of benzene rings is 1. The summed E-state index contributed by atoms with van der Waals surface area (Å²) in [6, 6.07) is 8.24. The minimum atomic E-state index is -2.89. The summed E-state index contributed by atoms with van der Waals surface area (Å²) in [6.45, 7) is 1.90. The summed E-state index contributed by atoms with van der Waals surface area (Å²) in [5.74, 6) is 0.869. The van der Waals surface area contributed by atoms with Crippen LogP contribution in [-0.4, -0.2) is 19.9 Å². The second kappa shape index (κ2) is 6.06. The lowest BCUT2D eigenvalue weighted by atomic mass is 9.79. The first-order valence-electron chi connectivity index (χ1n) is 7.07. The summed E-state index contributed by atoms with van der Waals surface area (Å²) in [6.07, 6.45) is 3.40. The Hall–Kier alpha value is -0.870. The lowest BCUT2D eigenvalue weighted by Crippen LogP contribution is -2.29. The summed E-state index contributed by atoms with van der Waals surface area (Å²) in [5.41, 5.74) is 8.82. The number of hydrogen-bond acceptors (Lipinski definition) is 3. The van der Waals surface area contributed by atoms with Gasteiger partial charge in [0.15, 0.2) is 0 Å². The Kier molecular flexibility index (Phi) is 4.63. The van der Waals surface area contributed by atoms with Crippen LogP contribution in [0.4, 0.5) is 0 Å². The molecule has 0 bridgehead atoms. The Labute approximate surface area is 116 Å². The molecule has 0 spiro atoms. The molecule has 1 aromatic rings. The summed E-state index contributed by atoms with van der Waals surface area (Å²) in [5, 5.41) is 0. The van der Waals surface area contributed by atoms with Gasteiger partial charge in [-0.3, -0.25) is 0 Å². The van der Waals surface area contributed by atoms with Crippen molar-refractivity contribution in [3.05, 3.63) is 35.4 Å². The summed E-state index contributed by atoms with van der Waals surface area (Å²) >= 11 is 0. The van der Waals surface area contributed by atoms with Gasteiger partial charge in [0, 0.05) is 11.8 Å². The van der Waals surface area contributed by atoms with Crippen molar-refractivity contribution in [1.29, 1.82) is 0 Å². The van der Waals surface area contributed by atoms with Crippen LogP contribution in [0, 0.1) is 5.92 Å². The fourth-order valence-electron chi connectivity index (χ4n) is 2.93. The Morgan fingerprint density at radius 3 is 2.74 bits per heavy atom. The highest BCUT2D eigenvalue weighted by molar-refractivity contribution is 7.91. The third kappa shape index (κ3) is 3.57. The van der Waals surface area contributed by atoms with Crippen LogP contribution in [0.15, 0.2) is 24.3 Å². The monoisotopic (exact) mass is 281 g/mol. The summed E-state index contributed by atoms with van der Waals surface area (Å²) in [4.78, 5) is 0. The Balaban J connectivity index is 2.01. The van der Waals surface area contributed by atoms with E-state index in [1.165, 1.54) is 11.1 Å². The standard InChI is InChI=1S/C15H23NO2S/c1-2-10-19(17,18)11-9-13-8-7-12-5-3-4-6-14(12)15(13)16/h3-6,13,15H,2,7-11,16H2,1H3. The molecule has 19 heavy (non-hydrogen) atoms. The number of nitrogens with two attached hydrogens (primary N) is 1. The molecule has 3 nitrogen and oxygen atoms in total. The Bertz CT molecular complexity index is 525. The van der Waals surface area contributed by atoms with Gasteiger partial charge in [-0.25, -0.2) is 8.42 Å². The van der Waals surface area contributed by atoms with E-state index in [4.69, 9.17) is 5.73 Å². The molecule has 1 aliphatic rings. The molecule has 2 rings (SSSR count). The van der Waals surface area contributed by atoms with E-state index < -0.39 is 9.84 Å². The average molecular weight is 281 g/mol.